The Morgan fingerprint density at radius 3 is 0.556 bits per heavy atom. The zero-order chi connectivity index (χ0) is 36.3. The Kier molecular flexibility index (Phi) is 1.43. The fraction of sp³-hybridized carbons (Fsp3) is 0.100. The predicted octanol–water partition coefficient (Wildman–Crippen LogP) is 13.8. The Morgan fingerprint density at radius 2 is 0.317 bits per heavy atom. The molecule has 0 radical (unpaired) electrons. The number of hydrogen-bond acceptors (Lipinski definition) is 3. The van der Waals surface area contributed by atoms with E-state index in [1.54, 1.807) is 281 Å². The van der Waals surface area contributed by atoms with Gasteiger partial charge in [-0.15, -0.1) is 0 Å². The molecule has 0 N–H and O–H groups in total. The summed E-state index contributed by atoms with van der Waals surface area (Å²) in [5.74, 6) is 0. The summed E-state index contributed by atoms with van der Waals surface area (Å²) in [6.07, 6.45) is 0. The quantitative estimate of drug-likeness (QED) is 0.114. The molecule has 0 bridgehead atoms. The molecule has 0 aromatic heterocycles. The third kappa shape index (κ3) is 0.931. The molecule has 0 saturated carbocycles. The molecule has 3 fully saturated rings. The number of epoxide rings is 3. The van der Waals surface area contributed by atoms with Gasteiger partial charge in [-0.3, -0.25) is 0 Å². The molecule has 24 aromatic carbocycles. The molecule has 35 rings (SSSR count). The summed E-state index contributed by atoms with van der Waals surface area (Å²) in [7, 11) is 0. The van der Waals surface area contributed by atoms with Crippen LogP contribution >= 0.6 is 0 Å². The maximum Gasteiger partial charge on any atom is 0.180 e. The standard InChI is InChI=1S/C60O3/c61-55-47-37-27-17-9-3-1-2-7-11(9)23(27)29-25-13(7)14-8(2)12-10-4(1)6-5(3)15-19(17)31-33-21(15)22-16(6)20-18(10)28-24(12)30-26(14)36-35(25)45(39(29)47)53-54-46(36)40(30)48-38(28)42-32(20)34(22)44-43(33)51(49(55)41(31)37)57-52(44)50(42)56(48)59(54,62-56)60(57,63-57)58(53,55)61. The van der Waals surface area contributed by atoms with Crippen LogP contribution in [0.3, 0.4) is 0 Å². The second kappa shape index (κ2) is 4.23. The molecule has 3 heterocycles. The number of hydrogen-bond donors (Lipinski definition) is 0. The first-order valence-corrected chi connectivity index (χ1v) is 23.7. The molecule has 6 spiro atoms. The van der Waals surface area contributed by atoms with Crippen molar-refractivity contribution >= 4 is 248 Å². The van der Waals surface area contributed by atoms with Gasteiger partial charge in [0.15, 0.2) is 33.6 Å². The lowest BCUT2D eigenvalue weighted by molar-refractivity contribution is 0.0943. The Balaban J connectivity index is 1.25. The largest absolute Gasteiger partial charge is 0.345 e. The molecule has 11 aliphatic rings. The molecule has 3 heteroatoms. The van der Waals surface area contributed by atoms with Gasteiger partial charge in [0.2, 0.25) is 0 Å². The van der Waals surface area contributed by atoms with E-state index in [0.717, 1.165) is 0 Å². The average Bonchev–Trinajstić information content (AvgIpc) is 3.58. The second-order valence-corrected chi connectivity index (χ2v) is 24.6. The maximum atomic E-state index is 8.42. The van der Waals surface area contributed by atoms with Crippen LogP contribution in [0.5, 0.6) is 0 Å². The minimum absolute atomic E-state index is 0.562. The van der Waals surface area contributed by atoms with Crippen molar-refractivity contribution in [3.05, 3.63) is 44.5 Å². The van der Waals surface area contributed by atoms with Crippen LogP contribution in [0.15, 0.2) is 0 Å². The van der Waals surface area contributed by atoms with E-state index in [1.165, 1.54) is 11.1 Å². The monoisotopic (exact) mass is 768 g/mol. The van der Waals surface area contributed by atoms with Gasteiger partial charge in [-0.25, -0.2) is 0 Å². The van der Waals surface area contributed by atoms with Crippen molar-refractivity contribution < 1.29 is 14.2 Å². The van der Waals surface area contributed by atoms with Crippen LogP contribution in [0.25, 0.3) is 248 Å². The van der Waals surface area contributed by atoms with Gasteiger partial charge < -0.3 is 14.2 Å². The van der Waals surface area contributed by atoms with E-state index < -0.39 is 33.6 Å². The summed E-state index contributed by atoms with van der Waals surface area (Å²) in [6.45, 7) is 0. The molecule has 0 amide bonds. The molecule has 63 heavy (non-hydrogen) atoms. The predicted molar refractivity (Wildman–Crippen MR) is 247 cm³/mol. The highest BCUT2D eigenvalue weighted by molar-refractivity contribution is 6.79. The van der Waals surface area contributed by atoms with Crippen molar-refractivity contribution in [2.24, 2.45) is 0 Å². The van der Waals surface area contributed by atoms with Crippen LogP contribution in [-0.2, 0) is 42.2 Å². The fourth-order valence-electron chi connectivity index (χ4n) is 25.7. The minimum atomic E-state index is -0.645. The fourth-order valence-corrected chi connectivity index (χ4v) is 25.7. The number of benzene rings is 16. The summed E-state index contributed by atoms with van der Waals surface area (Å²) < 4.78 is 25.2. The molecule has 24 aromatic rings. The third-order valence-corrected chi connectivity index (χ3v) is 25.3. The van der Waals surface area contributed by atoms with Crippen molar-refractivity contribution in [1.82, 2.24) is 0 Å². The van der Waals surface area contributed by atoms with E-state index in [9.17, 15) is 0 Å². The second-order valence-electron chi connectivity index (χ2n) is 24.6. The maximum absolute atomic E-state index is 8.42. The van der Waals surface area contributed by atoms with Crippen molar-refractivity contribution in [3.8, 4) is 0 Å². The Labute approximate surface area is 338 Å². The number of rotatable bonds is 0. The van der Waals surface area contributed by atoms with Crippen LogP contribution in [-0.4, -0.2) is 5.60 Å². The Hall–Kier alpha value is -7.14. The van der Waals surface area contributed by atoms with Gasteiger partial charge in [0, 0.05) is 44.5 Å². The van der Waals surface area contributed by atoms with Gasteiger partial charge in [-0.05, 0) is 248 Å². The summed E-state index contributed by atoms with van der Waals surface area (Å²) >= 11 is 0. The first-order valence-electron chi connectivity index (χ1n) is 23.7. The highest BCUT2D eigenvalue weighted by Crippen LogP contribution is 3.05. The summed E-state index contributed by atoms with van der Waals surface area (Å²) in [6, 6.07) is 0. The molecule has 8 aliphatic carbocycles. The lowest BCUT2D eigenvalue weighted by Gasteiger charge is -2.37. The molecule has 258 valence electrons. The Bertz CT molecular complexity index is 6580. The summed E-state index contributed by atoms with van der Waals surface area (Å²) in [5.41, 5.74) is 8.78. The summed E-state index contributed by atoms with van der Waals surface area (Å²) in [5, 5.41) is 74.0. The van der Waals surface area contributed by atoms with Crippen molar-refractivity contribution in [1.29, 1.82) is 0 Å². The van der Waals surface area contributed by atoms with E-state index in [4.69, 9.17) is 14.2 Å². The molecule has 3 nitrogen and oxygen atoms in total. The topological polar surface area (TPSA) is 37.6 Å². The first kappa shape index (κ1) is 21.3. The van der Waals surface area contributed by atoms with Gasteiger partial charge in [0.25, 0.3) is 0 Å². The van der Waals surface area contributed by atoms with Gasteiger partial charge >= 0.3 is 0 Å². The average molecular weight is 769 g/mol. The summed E-state index contributed by atoms with van der Waals surface area (Å²) in [4.78, 5) is 0. The van der Waals surface area contributed by atoms with Crippen LogP contribution in [0, 0.1) is 0 Å². The number of ether oxygens (including phenoxy) is 3. The van der Waals surface area contributed by atoms with E-state index in [0.29, 0.717) is 0 Å². The molecule has 4 unspecified atom stereocenters. The van der Waals surface area contributed by atoms with Crippen LogP contribution < -0.4 is 0 Å². The minimum Gasteiger partial charge on any atom is -0.345 e. The lowest BCUT2D eigenvalue weighted by Crippen LogP contribution is -2.53. The van der Waals surface area contributed by atoms with Crippen molar-refractivity contribution in [3.63, 3.8) is 0 Å². The van der Waals surface area contributed by atoms with Crippen molar-refractivity contribution in [2.45, 2.75) is 33.6 Å². The molecular weight excluding hydrogens is 769 g/mol. The van der Waals surface area contributed by atoms with Crippen LogP contribution in [0.1, 0.15) is 44.5 Å². The highest BCUT2D eigenvalue weighted by atomic mass is 16.8. The first-order chi connectivity index (χ1) is 31.3. The van der Waals surface area contributed by atoms with Gasteiger partial charge in [-0.1, -0.05) is 0 Å². The van der Waals surface area contributed by atoms with E-state index >= 15 is 0 Å². The zero-order valence-corrected chi connectivity index (χ0v) is 31.2. The van der Waals surface area contributed by atoms with Gasteiger partial charge in [-0.2, -0.15) is 0 Å². The smallest absolute Gasteiger partial charge is 0.180 e. The van der Waals surface area contributed by atoms with E-state index in [-0.39, 0.29) is 0 Å². The molecule has 3 aliphatic heterocycles. The van der Waals surface area contributed by atoms with Gasteiger partial charge in [0.05, 0.1) is 0 Å². The van der Waals surface area contributed by atoms with Crippen LogP contribution in [0.2, 0.25) is 0 Å². The van der Waals surface area contributed by atoms with Gasteiger partial charge in [0.1, 0.15) is 0 Å². The normalized spacial score (nSPS) is 34.9. The molecular formula is C60O3. The molecule has 4 atom stereocenters. The SMILES string of the molecule is O1C23c4c5c6c7c8c9c%10c%11c%12c%13c%14c%15c(c%16c%17c2c2c4c4c6c6c%18c7c%10c7c%10c%11c%11c%13c%13c%14c%16c%14c%17c%16c2c2c4c6c4c(c%187)c6c%10c%11c7c%13c%14c%10c%16c2c4c6c%107)C13C1(OC581)C%151OC9%121. The van der Waals surface area contributed by atoms with Crippen LogP contribution in [0.4, 0.5) is 0 Å². The van der Waals surface area contributed by atoms with E-state index in [1.807, 2.05) is 0 Å². The Morgan fingerprint density at radius 1 is 0.143 bits per heavy atom. The lowest BCUT2D eigenvalue weighted by atomic mass is 9.54. The highest BCUT2D eigenvalue weighted by Gasteiger charge is 3.14. The third-order valence-electron chi connectivity index (χ3n) is 25.3. The zero-order valence-electron chi connectivity index (χ0n) is 31.2. The molecule has 3 saturated heterocycles. The van der Waals surface area contributed by atoms with Crippen molar-refractivity contribution in [2.75, 3.05) is 0 Å². The van der Waals surface area contributed by atoms with E-state index in [2.05, 4.69) is 0 Å².